The van der Waals surface area contributed by atoms with Gasteiger partial charge in [0.2, 0.25) is 0 Å². The maximum Gasteiger partial charge on any atom is 0.0523 e. The summed E-state index contributed by atoms with van der Waals surface area (Å²) < 4.78 is 5.34. The van der Waals surface area contributed by atoms with E-state index in [2.05, 4.69) is 13.8 Å². The molecule has 0 spiro atoms. The lowest BCUT2D eigenvalue weighted by molar-refractivity contribution is 0.146. The van der Waals surface area contributed by atoms with E-state index in [0.29, 0.717) is 5.41 Å². The van der Waals surface area contributed by atoms with Crippen molar-refractivity contribution in [1.29, 1.82) is 0 Å². The van der Waals surface area contributed by atoms with Crippen molar-refractivity contribution >= 4 is 0 Å². The van der Waals surface area contributed by atoms with Crippen LogP contribution < -0.4 is 0 Å². The van der Waals surface area contributed by atoms with E-state index >= 15 is 0 Å². The molecular formula is C8H16O. The third-order valence-electron chi connectivity index (χ3n) is 2.68. The van der Waals surface area contributed by atoms with Crippen LogP contribution in [0.5, 0.6) is 0 Å². The standard InChI is InChI=1S/C8H16O/c1-3-8(4-2)5-6-9-7-8/h3-7H2,1-2H3. The first-order chi connectivity index (χ1) is 4.33. The van der Waals surface area contributed by atoms with Crippen molar-refractivity contribution < 1.29 is 4.74 Å². The van der Waals surface area contributed by atoms with Crippen LogP contribution in [0.15, 0.2) is 0 Å². The summed E-state index contributed by atoms with van der Waals surface area (Å²) >= 11 is 0. The van der Waals surface area contributed by atoms with E-state index in [-0.39, 0.29) is 0 Å². The molecule has 1 aliphatic rings. The molecule has 0 amide bonds. The first-order valence-electron chi connectivity index (χ1n) is 3.91. The lowest BCUT2D eigenvalue weighted by atomic mass is 9.82. The topological polar surface area (TPSA) is 9.23 Å². The summed E-state index contributed by atoms with van der Waals surface area (Å²) in [6.07, 6.45) is 3.84. The molecule has 0 saturated carbocycles. The monoisotopic (exact) mass is 128 g/mol. The SMILES string of the molecule is CCC1(CC)CCOC1. The van der Waals surface area contributed by atoms with Crippen LogP contribution in [0.2, 0.25) is 0 Å². The van der Waals surface area contributed by atoms with Gasteiger partial charge in [-0.05, 0) is 24.7 Å². The molecular weight excluding hydrogens is 112 g/mol. The molecule has 1 saturated heterocycles. The van der Waals surface area contributed by atoms with E-state index < -0.39 is 0 Å². The fraction of sp³-hybridized carbons (Fsp3) is 1.00. The summed E-state index contributed by atoms with van der Waals surface area (Å²) in [6.45, 7) is 6.51. The summed E-state index contributed by atoms with van der Waals surface area (Å²) in [4.78, 5) is 0. The van der Waals surface area contributed by atoms with Gasteiger partial charge in [0.05, 0.1) is 6.61 Å². The van der Waals surface area contributed by atoms with Crippen LogP contribution in [0.25, 0.3) is 0 Å². The molecule has 0 radical (unpaired) electrons. The van der Waals surface area contributed by atoms with Crippen molar-refractivity contribution in [2.45, 2.75) is 33.1 Å². The van der Waals surface area contributed by atoms with Crippen molar-refractivity contribution in [3.63, 3.8) is 0 Å². The first-order valence-corrected chi connectivity index (χ1v) is 3.91. The molecule has 54 valence electrons. The van der Waals surface area contributed by atoms with E-state index in [0.717, 1.165) is 13.2 Å². The van der Waals surface area contributed by atoms with Crippen molar-refractivity contribution in [2.75, 3.05) is 13.2 Å². The Morgan fingerprint density at radius 1 is 1.33 bits per heavy atom. The molecule has 9 heavy (non-hydrogen) atoms. The van der Waals surface area contributed by atoms with E-state index in [1.807, 2.05) is 0 Å². The second kappa shape index (κ2) is 2.70. The Morgan fingerprint density at radius 3 is 2.22 bits per heavy atom. The fourth-order valence-electron chi connectivity index (χ4n) is 1.46. The Kier molecular flexibility index (Phi) is 2.12. The van der Waals surface area contributed by atoms with Gasteiger partial charge in [0.25, 0.3) is 0 Å². The van der Waals surface area contributed by atoms with E-state index in [4.69, 9.17) is 4.74 Å². The second-order valence-electron chi connectivity index (χ2n) is 3.01. The first kappa shape index (κ1) is 7.07. The minimum absolute atomic E-state index is 0.556. The van der Waals surface area contributed by atoms with Gasteiger partial charge in [-0.25, -0.2) is 0 Å². The molecule has 0 atom stereocenters. The Bertz CT molecular complexity index is 76.6. The predicted octanol–water partition coefficient (Wildman–Crippen LogP) is 2.21. The molecule has 1 heterocycles. The molecule has 0 bridgehead atoms. The number of hydrogen-bond acceptors (Lipinski definition) is 1. The minimum atomic E-state index is 0.556. The maximum absolute atomic E-state index is 5.34. The van der Waals surface area contributed by atoms with Crippen LogP contribution in [0.3, 0.4) is 0 Å². The summed E-state index contributed by atoms with van der Waals surface area (Å²) in [5.41, 5.74) is 0.556. The molecule has 1 fully saturated rings. The van der Waals surface area contributed by atoms with Gasteiger partial charge in [-0.2, -0.15) is 0 Å². The average Bonchev–Trinajstić information content (AvgIpc) is 2.36. The third kappa shape index (κ3) is 1.26. The van der Waals surface area contributed by atoms with Gasteiger partial charge < -0.3 is 4.74 Å². The molecule has 0 aromatic carbocycles. The smallest absolute Gasteiger partial charge is 0.0523 e. The lowest BCUT2D eigenvalue weighted by Crippen LogP contribution is -2.17. The molecule has 0 aromatic heterocycles. The number of hydrogen-bond donors (Lipinski definition) is 0. The van der Waals surface area contributed by atoms with Crippen LogP contribution in [-0.4, -0.2) is 13.2 Å². The molecule has 0 aliphatic carbocycles. The minimum Gasteiger partial charge on any atom is -0.381 e. The van der Waals surface area contributed by atoms with Gasteiger partial charge >= 0.3 is 0 Å². The van der Waals surface area contributed by atoms with E-state index in [1.54, 1.807) is 0 Å². The normalized spacial score (nSPS) is 24.7. The molecule has 0 aromatic rings. The molecule has 0 N–H and O–H groups in total. The van der Waals surface area contributed by atoms with E-state index in [9.17, 15) is 0 Å². The zero-order valence-corrected chi connectivity index (χ0v) is 6.44. The van der Waals surface area contributed by atoms with Crippen LogP contribution in [0, 0.1) is 5.41 Å². The zero-order valence-electron chi connectivity index (χ0n) is 6.44. The van der Waals surface area contributed by atoms with Crippen LogP contribution >= 0.6 is 0 Å². The van der Waals surface area contributed by atoms with Gasteiger partial charge in [-0.3, -0.25) is 0 Å². The predicted molar refractivity (Wildman–Crippen MR) is 38.5 cm³/mol. The maximum atomic E-state index is 5.34. The van der Waals surface area contributed by atoms with Gasteiger partial charge in [0, 0.05) is 6.61 Å². The highest BCUT2D eigenvalue weighted by Gasteiger charge is 2.30. The lowest BCUT2D eigenvalue weighted by Gasteiger charge is -2.22. The fourth-order valence-corrected chi connectivity index (χ4v) is 1.46. The van der Waals surface area contributed by atoms with Crippen molar-refractivity contribution in [1.82, 2.24) is 0 Å². The summed E-state index contributed by atoms with van der Waals surface area (Å²) in [6, 6.07) is 0. The molecule has 1 heteroatoms. The Labute approximate surface area is 57.4 Å². The van der Waals surface area contributed by atoms with Gasteiger partial charge in [-0.15, -0.1) is 0 Å². The summed E-state index contributed by atoms with van der Waals surface area (Å²) in [7, 11) is 0. The molecule has 1 aliphatic heterocycles. The Hall–Kier alpha value is -0.0400. The highest BCUT2D eigenvalue weighted by Crippen LogP contribution is 2.34. The van der Waals surface area contributed by atoms with Crippen molar-refractivity contribution in [3.8, 4) is 0 Å². The van der Waals surface area contributed by atoms with Crippen LogP contribution in [0.1, 0.15) is 33.1 Å². The highest BCUT2D eigenvalue weighted by atomic mass is 16.5. The second-order valence-corrected chi connectivity index (χ2v) is 3.01. The van der Waals surface area contributed by atoms with Gasteiger partial charge in [0.1, 0.15) is 0 Å². The van der Waals surface area contributed by atoms with Crippen LogP contribution in [0.4, 0.5) is 0 Å². The summed E-state index contributed by atoms with van der Waals surface area (Å²) in [5.74, 6) is 0. The molecule has 1 rings (SSSR count). The Balaban J connectivity index is 2.45. The number of ether oxygens (including phenoxy) is 1. The third-order valence-corrected chi connectivity index (χ3v) is 2.68. The van der Waals surface area contributed by atoms with Gasteiger partial charge in [0.15, 0.2) is 0 Å². The molecule has 0 unspecified atom stereocenters. The Morgan fingerprint density at radius 2 is 2.00 bits per heavy atom. The zero-order chi connectivity index (χ0) is 6.74. The quantitative estimate of drug-likeness (QED) is 0.554. The van der Waals surface area contributed by atoms with Crippen molar-refractivity contribution in [2.24, 2.45) is 5.41 Å². The largest absolute Gasteiger partial charge is 0.381 e. The highest BCUT2D eigenvalue weighted by molar-refractivity contribution is 4.79. The van der Waals surface area contributed by atoms with Crippen molar-refractivity contribution in [3.05, 3.63) is 0 Å². The van der Waals surface area contributed by atoms with Crippen LogP contribution in [-0.2, 0) is 4.74 Å². The van der Waals surface area contributed by atoms with E-state index in [1.165, 1.54) is 19.3 Å². The summed E-state index contributed by atoms with van der Waals surface area (Å²) in [5, 5.41) is 0. The average molecular weight is 128 g/mol. The number of rotatable bonds is 2. The molecule has 1 nitrogen and oxygen atoms in total. The van der Waals surface area contributed by atoms with Gasteiger partial charge in [-0.1, -0.05) is 13.8 Å².